The van der Waals surface area contributed by atoms with Crippen molar-refractivity contribution in [1.29, 1.82) is 5.26 Å². The summed E-state index contributed by atoms with van der Waals surface area (Å²) in [7, 11) is 0. The molecule has 0 aromatic heterocycles. The number of hydrogen-bond donors (Lipinski definition) is 0. The molecule has 0 heterocycles. The Labute approximate surface area is 102 Å². The van der Waals surface area contributed by atoms with Crippen molar-refractivity contribution >= 4 is 0 Å². The van der Waals surface area contributed by atoms with Crippen LogP contribution in [0.15, 0.2) is 0 Å². The van der Waals surface area contributed by atoms with Crippen molar-refractivity contribution in [3.8, 4) is 6.07 Å². The Bertz CT molecular complexity index is 178. The molecule has 1 heteroatoms. The van der Waals surface area contributed by atoms with Crippen molar-refractivity contribution in [1.82, 2.24) is 0 Å². The average Bonchev–Trinajstić information content (AvgIpc) is 2.31. The van der Waals surface area contributed by atoms with Crippen LogP contribution in [0.25, 0.3) is 0 Å². The molecule has 0 amide bonds. The molecule has 0 rings (SSSR count). The summed E-state index contributed by atoms with van der Waals surface area (Å²) in [6, 6.07) is 2.53. The third kappa shape index (κ3) is 7.74. The first kappa shape index (κ1) is 15.5. The second-order valence-electron chi connectivity index (χ2n) is 5.29. The highest BCUT2D eigenvalue weighted by molar-refractivity contribution is 4.95. The van der Waals surface area contributed by atoms with E-state index in [1.54, 1.807) is 0 Å². The first-order valence-corrected chi connectivity index (χ1v) is 7.09. The zero-order valence-corrected chi connectivity index (χ0v) is 11.5. The van der Waals surface area contributed by atoms with Gasteiger partial charge in [-0.2, -0.15) is 5.26 Å². The topological polar surface area (TPSA) is 23.8 Å². The number of nitriles is 1. The monoisotopic (exact) mass is 223 g/mol. The fourth-order valence-electron chi connectivity index (χ4n) is 2.12. The molecule has 0 unspecified atom stereocenters. The van der Waals surface area contributed by atoms with Gasteiger partial charge in [0.15, 0.2) is 0 Å². The van der Waals surface area contributed by atoms with Gasteiger partial charge in [-0.3, -0.25) is 0 Å². The minimum absolute atomic E-state index is 0.0541. The molecule has 94 valence electrons. The van der Waals surface area contributed by atoms with E-state index in [1.165, 1.54) is 51.4 Å². The molecule has 0 aromatic carbocycles. The van der Waals surface area contributed by atoms with Gasteiger partial charge in [0, 0.05) is 0 Å². The summed E-state index contributed by atoms with van der Waals surface area (Å²) in [5.41, 5.74) is -0.0541. The third-order valence-electron chi connectivity index (χ3n) is 3.43. The molecule has 0 bridgehead atoms. The van der Waals surface area contributed by atoms with Crippen LogP contribution in [0.1, 0.15) is 85.0 Å². The molecular formula is C15H29N. The van der Waals surface area contributed by atoms with Crippen LogP contribution in [0.5, 0.6) is 0 Å². The van der Waals surface area contributed by atoms with E-state index in [9.17, 15) is 5.26 Å². The maximum atomic E-state index is 9.25. The quantitative estimate of drug-likeness (QED) is 0.451. The number of rotatable bonds is 10. The lowest BCUT2D eigenvalue weighted by molar-refractivity contribution is 0.340. The summed E-state index contributed by atoms with van der Waals surface area (Å²) in [6.45, 7) is 6.60. The number of nitrogens with zero attached hydrogens (tertiary/aromatic N) is 1. The Balaban J connectivity index is 3.70. The Kier molecular flexibility index (Phi) is 9.39. The van der Waals surface area contributed by atoms with Crippen LogP contribution in [-0.4, -0.2) is 0 Å². The predicted octanol–water partition coefficient (Wildman–Crippen LogP) is 5.46. The van der Waals surface area contributed by atoms with E-state index in [2.05, 4.69) is 26.8 Å². The first-order chi connectivity index (χ1) is 7.68. The molecule has 1 nitrogen and oxygen atoms in total. The Hall–Kier alpha value is -0.510. The lowest BCUT2D eigenvalue weighted by Gasteiger charge is -2.21. The smallest absolute Gasteiger partial charge is 0.0686 e. The lowest BCUT2D eigenvalue weighted by Crippen LogP contribution is -2.13. The van der Waals surface area contributed by atoms with Crippen LogP contribution in [-0.2, 0) is 0 Å². The Morgan fingerprint density at radius 1 is 0.812 bits per heavy atom. The van der Waals surface area contributed by atoms with Crippen LogP contribution in [0.3, 0.4) is 0 Å². The molecule has 16 heavy (non-hydrogen) atoms. The van der Waals surface area contributed by atoms with E-state index in [0.29, 0.717) is 0 Å². The fourth-order valence-corrected chi connectivity index (χ4v) is 2.12. The van der Waals surface area contributed by atoms with E-state index in [1.807, 2.05) is 0 Å². The minimum Gasteiger partial charge on any atom is -0.198 e. The fraction of sp³-hybridized carbons (Fsp3) is 0.933. The van der Waals surface area contributed by atoms with Gasteiger partial charge in [-0.15, -0.1) is 0 Å². The molecule has 0 aromatic rings. The Morgan fingerprint density at radius 2 is 1.25 bits per heavy atom. The van der Waals surface area contributed by atoms with Crippen LogP contribution in [0, 0.1) is 16.7 Å². The average molecular weight is 223 g/mol. The van der Waals surface area contributed by atoms with E-state index >= 15 is 0 Å². The van der Waals surface area contributed by atoms with E-state index in [-0.39, 0.29) is 5.41 Å². The van der Waals surface area contributed by atoms with E-state index < -0.39 is 0 Å². The first-order valence-electron chi connectivity index (χ1n) is 7.09. The van der Waals surface area contributed by atoms with Crippen molar-refractivity contribution in [2.45, 2.75) is 85.0 Å². The van der Waals surface area contributed by atoms with Crippen molar-refractivity contribution in [2.24, 2.45) is 5.41 Å². The van der Waals surface area contributed by atoms with Crippen LogP contribution >= 0.6 is 0 Å². The molecule has 0 saturated heterocycles. The number of hydrogen-bond acceptors (Lipinski definition) is 1. The molecule has 0 aliphatic rings. The maximum Gasteiger partial charge on any atom is 0.0686 e. The van der Waals surface area contributed by atoms with Gasteiger partial charge in [-0.05, 0) is 19.8 Å². The standard InChI is InChI=1S/C15H29N/c1-4-6-8-10-12-15(3,14-16)13-11-9-7-5-2/h4-13H2,1-3H3. The molecule has 0 N–H and O–H groups in total. The van der Waals surface area contributed by atoms with Gasteiger partial charge in [0.1, 0.15) is 0 Å². The molecule has 0 atom stereocenters. The highest BCUT2D eigenvalue weighted by atomic mass is 14.3. The molecule has 0 radical (unpaired) electrons. The zero-order valence-electron chi connectivity index (χ0n) is 11.5. The summed E-state index contributed by atoms with van der Waals surface area (Å²) >= 11 is 0. The molecule has 0 spiro atoms. The van der Waals surface area contributed by atoms with Crippen molar-refractivity contribution in [2.75, 3.05) is 0 Å². The summed E-state index contributed by atoms with van der Waals surface area (Å²) in [5.74, 6) is 0. The second-order valence-corrected chi connectivity index (χ2v) is 5.29. The number of unbranched alkanes of at least 4 members (excludes halogenated alkanes) is 6. The summed E-state index contributed by atoms with van der Waals surface area (Å²) in [5, 5.41) is 9.25. The van der Waals surface area contributed by atoms with Gasteiger partial charge in [-0.1, -0.05) is 65.2 Å². The van der Waals surface area contributed by atoms with Gasteiger partial charge in [0.05, 0.1) is 11.5 Å². The highest BCUT2D eigenvalue weighted by Crippen LogP contribution is 2.30. The normalized spacial score (nSPS) is 11.4. The van der Waals surface area contributed by atoms with Crippen molar-refractivity contribution in [3.63, 3.8) is 0 Å². The van der Waals surface area contributed by atoms with E-state index in [4.69, 9.17) is 0 Å². The molecule has 0 aliphatic carbocycles. The highest BCUT2D eigenvalue weighted by Gasteiger charge is 2.22. The largest absolute Gasteiger partial charge is 0.198 e. The van der Waals surface area contributed by atoms with Crippen LogP contribution in [0.4, 0.5) is 0 Å². The second kappa shape index (κ2) is 9.70. The third-order valence-corrected chi connectivity index (χ3v) is 3.43. The maximum absolute atomic E-state index is 9.25. The van der Waals surface area contributed by atoms with Gasteiger partial charge in [-0.25, -0.2) is 0 Å². The molecular weight excluding hydrogens is 194 g/mol. The van der Waals surface area contributed by atoms with Crippen molar-refractivity contribution in [3.05, 3.63) is 0 Å². The summed E-state index contributed by atoms with van der Waals surface area (Å²) in [4.78, 5) is 0. The van der Waals surface area contributed by atoms with Gasteiger partial charge < -0.3 is 0 Å². The predicted molar refractivity (Wildman–Crippen MR) is 71.2 cm³/mol. The molecule has 0 aliphatic heterocycles. The van der Waals surface area contributed by atoms with Gasteiger partial charge in [0.25, 0.3) is 0 Å². The van der Waals surface area contributed by atoms with E-state index in [0.717, 1.165) is 12.8 Å². The van der Waals surface area contributed by atoms with Crippen LogP contribution < -0.4 is 0 Å². The van der Waals surface area contributed by atoms with Gasteiger partial charge >= 0.3 is 0 Å². The lowest BCUT2D eigenvalue weighted by atomic mass is 9.81. The molecule has 0 fully saturated rings. The van der Waals surface area contributed by atoms with Crippen LogP contribution in [0.2, 0.25) is 0 Å². The summed E-state index contributed by atoms with van der Waals surface area (Å²) < 4.78 is 0. The Morgan fingerprint density at radius 3 is 1.56 bits per heavy atom. The zero-order chi connectivity index (χ0) is 12.3. The van der Waals surface area contributed by atoms with Gasteiger partial charge in [0.2, 0.25) is 0 Å². The van der Waals surface area contributed by atoms with Crippen molar-refractivity contribution < 1.29 is 0 Å². The minimum atomic E-state index is -0.0541. The molecule has 0 saturated carbocycles. The SMILES string of the molecule is CCCCCCC(C)(C#N)CCCCCC. The summed E-state index contributed by atoms with van der Waals surface area (Å²) in [6.07, 6.45) is 12.4.